The number of amides is 2. The van der Waals surface area contributed by atoms with Gasteiger partial charge < -0.3 is 10.6 Å². The lowest BCUT2D eigenvalue weighted by molar-refractivity contribution is 0.101. The summed E-state index contributed by atoms with van der Waals surface area (Å²) in [5, 5.41) is 19.5. The Morgan fingerprint density at radius 2 is 1.68 bits per heavy atom. The minimum atomic E-state index is -0.390. The van der Waals surface area contributed by atoms with Gasteiger partial charge in [0.15, 0.2) is 0 Å². The van der Waals surface area contributed by atoms with Crippen LogP contribution in [0.5, 0.6) is 0 Å². The Bertz CT molecular complexity index is 1680. The van der Waals surface area contributed by atoms with E-state index in [1.54, 1.807) is 28.7 Å². The van der Waals surface area contributed by atoms with E-state index < -0.39 is 5.91 Å². The summed E-state index contributed by atoms with van der Waals surface area (Å²) < 4.78 is 5.07. The Kier molecular flexibility index (Phi) is 6.50. The Morgan fingerprint density at radius 1 is 0.947 bits per heavy atom. The van der Waals surface area contributed by atoms with Crippen molar-refractivity contribution in [2.24, 2.45) is 7.05 Å². The van der Waals surface area contributed by atoms with Crippen molar-refractivity contribution in [3.05, 3.63) is 71.6 Å². The van der Waals surface area contributed by atoms with Gasteiger partial charge in [0.05, 0.1) is 51.9 Å². The quantitative estimate of drug-likeness (QED) is 0.338. The number of fused-ring (bicyclic) bond motifs is 1. The molecule has 5 rings (SSSR count). The molecule has 194 valence electrons. The Morgan fingerprint density at radius 3 is 2.37 bits per heavy atom. The number of carbonyl (C=O) groups is 2. The maximum Gasteiger partial charge on any atom is 0.276 e. The van der Waals surface area contributed by atoms with E-state index in [1.807, 2.05) is 62.8 Å². The second-order valence-electron chi connectivity index (χ2n) is 8.95. The monoisotopic (exact) mass is 511 g/mol. The lowest BCUT2D eigenvalue weighted by Gasteiger charge is -2.12. The number of anilines is 2. The predicted molar refractivity (Wildman–Crippen MR) is 145 cm³/mol. The minimum absolute atomic E-state index is 0.253. The highest BCUT2D eigenvalue weighted by atomic mass is 16.2. The number of nitrogens with zero attached hydrogens (tertiary/aromatic N) is 7. The molecule has 2 amide bonds. The maximum atomic E-state index is 13.7. The number of hydrogen-bond acceptors (Lipinski definition) is 6. The van der Waals surface area contributed by atoms with Crippen LogP contribution in [0, 0.1) is 13.8 Å². The normalized spacial score (nSPS) is 11.2. The van der Waals surface area contributed by atoms with E-state index in [4.69, 9.17) is 4.98 Å². The van der Waals surface area contributed by atoms with Crippen LogP contribution in [0.3, 0.4) is 0 Å². The zero-order valence-corrected chi connectivity index (χ0v) is 22.0. The smallest absolute Gasteiger partial charge is 0.276 e. The van der Waals surface area contributed by atoms with Crippen molar-refractivity contribution in [2.45, 2.75) is 40.8 Å². The van der Waals surface area contributed by atoms with Crippen molar-refractivity contribution < 1.29 is 9.59 Å². The molecule has 1 aromatic carbocycles. The molecular weight excluding hydrogens is 482 g/mol. The summed E-state index contributed by atoms with van der Waals surface area (Å²) in [6.07, 6.45) is 5.01. The van der Waals surface area contributed by atoms with Crippen LogP contribution in [-0.2, 0) is 20.1 Å². The van der Waals surface area contributed by atoms with Crippen molar-refractivity contribution in [3.63, 3.8) is 0 Å². The highest BCUT2D eigenvalue weighted by Crippen LogP contribution is 2.28. The summed E-state index contributed by atoms with van der Waals surface area (Å²) >= 11 is 0. The van der Waals surface area contributed by atoms with Crippen molar-refractivity contribution in [1.82, 2.24) is 34.3 Å². The van der Waals surface area contributed by atoms with Crippen LogP contribution in [0.4, 0.5) is 11.4 Å². The van der Waals surface area contributed by atoms with Gasteiger partial charge in [-0.1, -0.05) is 18.2 Å². The molecule has 0 aliphatic heterocycles. The molecule has 0 fully saturated rings. The molecular formula is C27H29N9O2. The van der Waals surface area contributed by atoms with Crippen molar-refractivity contribution in [3.8, 4) is 11.3 Å². The maximum absolute atomic E-state index is 13.7. The average Bonchev–Trinajstić information content (AvgIpc) is 3.60. The van der Waals surface area contributed by atoms with Gasteiger partial charge in [-0.15, -0.1) is 0 Å². The van der Waals surface area contributed by atoms with E-state index >= 15 is 0 Å². The van der Waals surface area contributed by atoms with Crippen LogP contribution in [0.15, 0.2) is 48.9 Å². The standard InChI is InChI=1S/C27H29N9O2/c1-6-35-15-20(16(3)33-35)22-12-19(18-10-8-9-11-21(18)30-22)26(37)32-24-14-29-36(7-2)25(24)27(38)31-23-13-28-34(5)17(23)4/h8-15H,6-7H2,1-5H3,(H,31,38)(H,32,37). The van der Waals surface area contributed by atoms with Crippen LogP contribution >= 0.6 is 0 Å². The van der Waals surface area contributed by atoms with Gasteiger partial charge in [0.2, 0.25) is 0 Å². The fourth-order valence-corrected chi connectivity index (χ4v) is 4.38. The number of aryl methyl sites for hydroxylation is 4. The van der Waals surface area contributed by atoms with E-state index in [0.717, 1.165) is 23.5 Å². The molecule has 0 radical (unpaired) electrons. The fraction of sp³-hybridized carbons (Fsp3) is 0.259. The first-order valence-corrected chi connectivity index (χ1v) is 12.4. The zero-order chi connectivity index (χ0) is 27.0. The topological polar surface area (TPSA) is 125 Å². The Labute approximate surface area is 219 Å². The fourth-order valence-electron chi connectivity index (χ4n) is 4.38. The number of benzene rings is 1. The number of nitrogens with one attached hydrogen (secondary N) is 2. The van der Waals surface area contributed by atoms with Crippen LogP contribution < -0.4 is 10.6 Å². The van der Waals surface area contributed by atoms with Crippen LogP contribution in [0.25, 0.3) is 22.2 Å². The summed E-state index contributed by atoms with van der Waals surface area (Å²) in [4.78, 5) is 31.8. The molecule has 11 nitrogen and oxygen atoms in total. The third-order valence-electron chi connectivity index (χ3n) is 6.59. The van der Waals surface area contributed by atoms with Crippen LogP contribution in [0.2, 0.25) is 0 Å². The van der Waals surface area contributed by atoms with Gasteiger partial charge >= 0.3 is 0 Å². The van der Waals surface area contributed by atoms with Gasteiger partial charge in [-0.25, -0.2) is 4.98 Å². The van der Waals surface area contributed by atoms with Gasteiger partial charge in [-0.3, -0.25) is 23.6 Å². The van der Waals surface area contributed by atoms with Crippen molar-refractivity contribution in [2.75, 3.05) is 10.6 Å². The molecule has 0 aliphatic rings. The lowest BCUT2D eigenvalue weighted by Crippen LogP contribution is -2.21. The van der Waals surface area contributed by atoms with E-state index in [0.29, 0.717) is 40.1 Å². The largest absolute Gasteiger partial charge is 0.319 e. The molecule has 0 unspecified atom stereocenters. The molecule has 38 heavy (non-hydrogen) atoms. The average molecular weight is 512 g/mol. The zero-order valence-electron chi connectivity index (χ0n) is 22.0. The molecule has 5 aromatic rings. The number of aromatic nitrogens is 7. The number of pyridine rings is 1. The third kappa shape index (κ3) is 4.42. The lowest BCUT2D eigenvalue weighted by atomic mass is 10.0. The highest BCUT2D eigenvalue weighted by molar-refractivity contribution is 6.16. The summed E-state index contributed by atoms with van der Waals surface area (Å²) in [6.45, 7) is 8.86. The predicted octanol–water partition coefficient (Wildman–Crippen LogP) is 4.19. The molecule has 0 atom stereocenters. The second kappa shape index (κ2) is 9.92. The van der Waals surface area contributed by atoms with Crippen molar-refractivity contribution >= 4 is 34.1 Å². The molecule has 4 aromatic heterocycles. The second-order valence-corrected chi connectivity index (χ2v) is 8.95. The SMILES string of the molecule is CCn1cc(-c2cc(C(=O)Nc3cnn(CC)c3C(=O)Nc3cnn(C)c3C)c3ccccc3n2)c(C)n1. The number of para-hydroxylation sites is 1. The molecule has 0 saturated carbocycles. The molecule has 4 heterocycles. The van der Waals surface area contributed by atoms with E-state index in [9.17, 15) is 9.59 Å². The molecule has 11 heteroatoms. The molecule has 0 saturated heterocycles. The first kappa shape index (κ1) is 24.9. The Hall–Kier alpha value is -4.80. The summed E-state index contributed by atoms with van der Waals surface area (Å²) in [6, 6.07) is 9.25. The number of hydrogen-bond donors (Lipinski definition) is 2. The highest BCUT2D eigenvalue weighted by Gasteiger charge is 2.23. The van der Waals surface area contributed by atoms with Gasteiger partial charge in [0.25, 0.3) is 11.8 Å². The molecule has 0 bridgehead atoms. The van der Waals surface area contributed by atoms with Crippen molar-refractivity contribution in [1.29, 1.82) is 0 Å². The van der Waals surface area contributed by atoms with Crippen LogP contribution in [-0.4, -0.2) is 46.1 Å². The van der Waals surface area contributed by atoms with E-state index in [-0.39, 0.29) is 11.6 Å². The summed E-state index contributed by atoms with van der Waals surface area (Å²) in [5.41, 5.74) is 5.43. The first-order valence-electron chi connectivity index (χ1n) is 12.4. The third-order valence-corrected chi connectivity index (χ3v) is 6.59. The number of carbonyl (C=O) groups excluding carboxylic acids is 2. The Balaban J connectivity index is 1.52. The summed E-state index contributed by atoms with van der Waals surface area (Å²) in [5.74, 6) is -0.758. The minimum Gasteiger partial charge on any atom is -0.319 e. The molecule has 2 N–H and O–H groups in total. The summed E-state index contributed by atoms with van der Waals surface area (Å²) in [7, 11) is 1.80. The molecule has 0 spiro atoms. The van der Waals surface area contributed by atoms with Crippen LogP contribution in [0.1, 0.15) is 46.1 Å². The molecule has 0 aliphatic carbocycles. The van der Waals surface area contributed by atoms with E-state index in [2.05, 4.69) is 25.9 Å². The van der Waals surface area contributed by atoms with Gasteiger partial charge in [-0.05, 0) is 39.8 Å². The van der Waals surface area contributed by atoms with Gasteiger partial charge in [-0.2, -0.15) is 15.3 Å². The number of rotatable bonds is 7. The van der Waals surface area contributed by atoms with E-state index in [1.165, 1.54) is 6.20 Å². The van der Waals surface area contributed by atoms with Gasteiger partial charge in [0, 0.05) is 37.3 Å². The first-order chi connectivity index (χ1) is 18.3. The van der Waals surface area contributed by atoms with Gasteiger partial charge in [0.1, 0.15) is 5.69 Å².